The van der Waals surface area contributed by atoms with Crippen LogP contribution in [-0.2, 0) is 28.7 Å². The molecule has 1 heterocycles. The first-order valence-electron chi connectivity index (χ1n) is 8.07. The van der Waals surface area contributed by atoms with Gasteiger partial charge in [-0.2, -0.15) is 0 Å². The second-order valence-corrected chi connectivity index (χ2v) is 5.84. The number of hydrogen-bond donors (Lipinski definition) is 2. The van der Waals surface area contributed by atoms with Crippen LogP contribution in [0.3, 0.4) is 0 Å². The van der Waals surface area contributed by atoms with E-state index in [1.807, 2.05) is 12.2 Å². The van der Waals surface area contributed by atoms with Crippen LogP contribution in [0.15, 0.2) is 12.2 Å². The molecule has 25 heavy (non-hydrogen) atoms. The summed E-state index contributed by atoms with van der Waals surface area (Å²) in [7, 11) is 1.43. The fourth-order valence-corrected chi connectivity index (χ4v) is 2.83. The molecule has 0 bridgehead atoms. The summed E-state index contributed by atoms with van der Waals surface area (Å²) < 4.78 is 4.77. The lowest BCUT2D eigenvalue weighted by Gasteiger charge is -2.14. The largest absolute Gasteiger partial charge is 0.456 e. The van der Waals surface area contributed by atoms with Gasteiger partial charge in [-0.05, 0) is 12.8 Å². The van der Waals surface area contributed by atoms with Gasteiger partial charge in [0.05, 0.1) is 24.8 Å². The highest BCUT2D eigenvalue weighted by atomic mass is 16.5. The summed E-state index contributed by atoms with van der Waals surface area (Å²) in [6, 6.07) is 0. The first-order chi connectivity index (χ1) is 11.9. The monoisotopic (exact) mass is 351 g/mol. The van der Waals surface area contributed by atoms with Crippen molar-refractivity contribution in [2.24, 2.45) is 11.8 Å². The number of likely N-dealkylation sites (N-methyl/N-ethyl adjacent to an activating group) is 1. The summed E-state index contributed by atoms with van der Waals surface area (Å²) in [6.45, 7) is -0.781. The van der Waals surface area contributed by atoms with Crippen molar-refractivity contribution in [3.63, 3.8) is 0 Å². The number of fused-ring (bicyclic) bond motifs is 1. The molecule has 2 N–H and O–H groups in total. The second kappa shape index (κ2) is 8.41. The van der Waals surface area contributed by atoms with Crippen LogP contribution in [-0.4, -0.2) is 61.2 Å². The lowest BCUT2D eigenvalue weighted by atomic mass is 9.85. The molecule has 2 aliphatic rings. The Bertz CT molecular complexity index is 589. The topological polar surface area (TPSA) is 122 Å². The highest BCUT2D eigenvalue weighted by Gasteiger charge is 2.46. The maximum Gasteiger partial charge on any atom is 0.308 e. The Morgan fingerprint density at radius 3 is 2.28 bits per heavy atom. The van der Waals surface area contributed by atoms with E-state index < -0.39 is 18.5 Å². The number of ether oxygens (including phenoxy) is 1. The van der Waals surface area contributed by atoms with Crippen molar-refractivity contribution in [2.75, 3.05) is 26.7 Å². The standard InChI is InChI=1S/C16H21N3O6/c1-17-12(20)8-18-13(21)9-25-14(22)6-7-19-15(23)10-4-2-3-5-11(10)16(19)24/h2-3,10-11H,4-9H2,1H3,(H,17,20)(H,18,21)/t10-,11+. The number of nitrogens with one attached hydrogen (secondary N) is 2. The Labute approximate surface area is 144 Å². The fraction of sp³-hybridized carbons (Fsp3) is 0.562. The number of esters is 1. The molecule has 4 amide bonds. The zero-order chi connectivity index (χ0) is 18.4. The molecule has 0 aromatic heterocycles. The summed E-state index contributed by atoms with van der Waals surface area (Å²) in [5.74, 6) is -2.84. The van der Waals surface area contributed by atoms with Gasteiger partial charge in [-0.3, -0.25) is 28.9 Å². The van der Waals surface area contributed by atoms with E-state index in [9.17, 15) is 24.0 Å². The molecule has 2 rings (SSSR count). The fourth-order valence-electron chi connectivity index (χ4n) is 2.83. The molecule has 136 valence electrons. The number of carbonyl (C=O) groups excluding carboxylic acids is 5. The van der Waals surface area contributed by atoms with E-state index in [4.69, 9.17) is 4.74 Å². The molecule has 0 saturated carbocycles. The van der Waals surface area contributed by atoms with Crippen molar-refractivity contribution in [3.8, 4) is 0 Å². The second-order valence-electron chi connectivity index (χ2n) is 5.84. The van der Waals surface area contributed by atoms with Crippen molar-refractivity contribution >= 4 is 29.6 Å². The number of hydrogen-bond acceptors (Lipinski definition) is 6. The minimum absolute atomic E-state index is 0.0522. The van der Waals surface area contributed by atoms with Crippen LogP contribution in [0.2, 0.25) is 0 Å². The van der Waals surface area contributed by atoms with Gasteiger partial charge in [-0.25, -0.2) is 0 Å². The Kier molecular flexibility index (Phi) is 6.26. The van der Waals surface area contributed by atoms with Gasteiger partial charge >= 0.3 is 5.97 Å². The van der Waals surface area contributed by atoms with E-state index >= 15 is 0 Å². The van der Waals surface area contributed by atoms with Gasteiger partial charge in [-0.15, -0.1) is 0 Å². The molecule has 9 heteroatoms. The molecule has 1 aliphatic heterocycles. The average Bonchev–Trinajstić information content (AvgIpc) is 2.87. The summed E-state index contributed by atoms with van der Waals surface area (Å²) in [5, 5.41) is 4.61. The molecule has 0 aromatic rings. The summed E-state index contributed by atoms with van der Waals surface area (Å²) >= 11 is 0. The maximum atomic E-state index is 12.2. The third kappa shape index (κ3) is 4.65. The summed E-state index contributed by atoms with van der Waals surface area (Å²) in [4.78, 5) is 59.6. The number of rotatable bonds is 7. The molecule has 0 aromatic carbocycles. The van der Waals surface area contributed by atoms with Crippen molar-refractivity contribution in [2.45, 2.75) is 19.3 Å². The van der Waals surface area contributed by atoms with E-state index in [2.05, 4.69) is 10.6 Å². The van der Waals surface area contributed by atoms with Crippen LogP contribution in [0.4, 0.5) is 0 Å². The maximum absolute atomic E-state index is 12.2. The van der Waals surface area contributed by atoms with Crippen LogP contribution in [0.1, 0.15) is 19.3 Å². The van der Waals surface area contributed by atoms with E-state index in [1.165, 1.54) is 7.05 Å². The normalized spacial score (nSPS) is 21.7. The smallest absolute Gasteiger partial charge is 0.308 e. The predicted molar refractivity (Wildman–Crippen MR) is 84.7 cm³/mol. The molecule has 1 aliphatic carbocycles. The van der Waals surface area contributed by atoms with Crippen molar-refractivity contribution in [3.05, 3.63) is 12.2 Å². The minimum Gasteiger partial charge on any atom is -0.456 e. The molecule has 2 atom stereocenters. The lowest BCUT2D eigenvalue weighted by Crippen LogP contribution is -2.37. The Morgan fingerprint density at radius 1 is 1.12 bits per heavy atom. The van der Waals surface area contributed by atoms with Gasteiger partial charge in [0.1, 0.15) is 0 Å². The molecule has 9 nitrogen and oxygen atoms in total. The highest BCUT2D eigenvalue weighted by Crippen LogP contribution is 2.34. The minimum atomic E-state index is -0.691. The quantitative estimate of drug-likeness (QED) is 0.335. The summed E-state index contributed by atoms with van der Waals surface area (Å²) in [6.07, 6.45) is 4.69. The van der Waals surface area contributed by atoms with Gasteiger partial charge in [0.25, 0.3) is 5.91 Å². The first-order valence-corrected chi connectivity index (χ1v) is 8.07. The van der Waals surface area contributed by atoms with Crippen LogP contribution in [0, 0.1) is 11.8 Å². The molecule has 0 unspecified atom stereocenters. The van der Waals surface area contributed by atoms with E-state index in [0.717, 1.165) is 4.90 Å². The van der Waals surface area contributed by atoms with Crippen LogP contribution < -0.4 is 10.6 Å². The molecule has 1 fully saturated rings. The highest BCUT2D eigenvalue weighted by molar-refractivity contribution is 6.05. The van der Waals surface area contributed by atoms with Crippen molar-refractivity contribution < 1.29 is 28.7 Å². The number of amides is 4. The molecular weight excluding hydrogens is 330 g/mol. The van der Waals surface area contributed by atoms with Gasteiger partial charge < -0.3 is 15.4 Å². The Balaban J connectivity index is 1.71. The molecular formula is C16H21N3O6. The van der Waals surface area contributed by atoms with Crippen molar-refractivity contribution in [1.82, 2.24) is 15.5 Å². The Morgan fingerprint density at radius 2 is 1.72 bits per heavy atom. The number of nitrogens with zero attached hydrogens (tertiary/aromatic N) is 1. The zero-order valence-corrected chi connectivity index (χ0v) is 13.9. The SMILES string of the molecule is CNC(=O)CNC(=O)COC(=O)CCN1C(=O)[C@H]2CC=CC[C@H]2C1=O. The van der Waals surface area contributed by atoms with Gasteiger partial charge in [0.15, 0.2) is 6.61 Å². The average molecular weight is 351 g/mol. The first kappa shape index (κ1) is 18.6. The third-order valence-corrected chi connectivity index (χ3v) is 4.23. The predicted octanol–water partition coefficient (Wildman–Crippen LogP) is -1.27. The van der Waals surface area contributed by atoms with Gasteiger partial charge in [0.2, 0.25) is 17.7 Å². The van der Waals surface area contributed by atoms with E-state index in [1.54, 1.807) is 0 Å². The van der Waals surface area contributed by atoms with E-state index in [0.29, 0.717) is 12.8 Å². The van der Waals surface area contributed by atoms with Crippen LogP contribution in [0.5, 0.6) is 0 Å². The number of carbonyl (C=O) groups is 5. The lowest BCUT2D eigenvalue weighted by molar-refractivity contribution is -0.149. The number of imide groups is 1. The van der Waals surface area contributed by atoms with Gasteiger partial charge in [-0.1, -0.05) is 12.2 Å². The third-order valence-electron chi connectivity index (χ3n) is 4.23. The molecule has 1 saturated heterocycles. The van der Waals surface area contributed by atoms with Gasteiger partial charge in [0, 0.05) is 13.6 Å². The van der Waals surface area contributed by atoms with Crippen LogP contribution in [0.25, 0.3) is 0 Å². The summed E-state index contributed by atoms with van der Waals surface area (Å²) in [5.41, 5.74) is 0. The molecule has 0 spiro atoms. The zero-order valence-electron chi connectivity index (χ0n) is 13.9. The van der Waals surface area contributed by atoms with E-state index in [-0.39, 0.29) is 49.1 Å². The van der Waals surface area contributed by atoms with Crippen LogP contribution >= 0.6 is 0 Å². The number of likely N-dealkylation sites (tertiary alicyclic amines) is 1. The molecule has 0 radical (unpaired) electrons. The Hall–Kier alpha value is -2.71. The van der Waals surface area contributed by atoms with Crippen molar-refractivity contribution in [1.29, 1.82) is 0 Å². The number of allylic oxidation sites excluding steroid dienone is 2.